The third-order valence-corrected chi connectivity index (χ3v) is 2.57. The number of ether oxygens (including phenoxy) is 3. The second-order valence-corrected chi connectivity index (χ2v) is 4.35. The van der Waals surface area contributed by atoms with E-state index in [1.54, 1.807) is 0 Å². The van der Waals surface area contributed by atoms with Crippen molar-refractivity contribution in [3.8, 4) is 11.5 Å². The van der Waals surface area contributed by atoms with Crippen LogP contribution in [0.1, 0.15) is 26.3 Å². The molecule has 0 bridgehead atoms. The van der Waals surface area contributed by atoms with Gasteiger partial charge in [0.2, 0.25) is 0 Å². The van der Waals surface area contributed by atoms with Gasteiger partial charge in [-0.3, -0.25) is 0 Å². The summed E-state index contributed by atoms with van der Waals surface area (Å²) >= 11 is 5.90. The first-order valence-electron chi connectivity index (χ1n) is 6.24. The van der Waals surface area contributed by atoms with Gasteiger partial charge in [-0.1, -0.05) is 12.1 Å². The maximum absolute atomic E-state index is 5.90. The summed E-state index contributed by atoms with van der Waals surface area (Å²) in [6, 6.07) is 5.74. The van der Waals surface area contributed by atoms with E-state index in [0.29, 0.717) is 25.7 Å². The summed E-state index contributed by atoms with van der Waals surface area (Å²) in [7, 11) is 0. The molecule has 0 aromatic heterocycles. The van der Waals surface area contributed by atoms with Crippen LogP contribution in [0.5, 0.6) is 11.5 Å². The topological polar surface area (TPSA) is 27.7 Å². The highest BCUT2D eigenvalue weighted by Gasteiger charge is 2.10. The summed E-state index contributed by atoms with van der Waals surface area (Å²) in [6.07, 6.45) is 0.211. The Morgan fingerprint density at radius 1 is 1.17 bits per heavy atom. The van der Waals surface area contributed by atoms with Gasteiger partial charge in [-0.05, 0) is 26.8 Å². The average Bonchev–Trinajstić information content (AvgIpc) is 2.35. The minimum absolute atomic E-state index is 0.211. The van der Waals surface area contributed by atoms with Gasteiger partial charge in [0.25, 0.3) is 0 Å². The Morgan fingerprint density at radius 3 is 2.56 bits per heavy atom. The first-order valence-corrected chi connectivity index (χ1v) is 6.77. The van der Waals surface area contributed by atoms with E-state index in [1.165, 1.54) is 0 Å². The standard InChI is InChI=1S/C14H21ClO3/c1-4-16-13-7-5-6-12(10-15)14(13)18-9-8-17-11(2)3/h5-7,11H,4,8-10H2,1-3H3. The molecule has 0 fully saturated rings. The Labute approximate surface area is 114 Å². The molecule has 0 atom stereocenters. The molecule has 0 heterocycles. The van der Waals surface area contributed by atoms with Gasteiger partial charge < -0.3 is 14.2 Å². The molecule has 0 radical (unpaired) electrons. The third kappa shape index (κ3) is 4.75. The lowest BCUT2D eigenvalue weighted by molar-refractivity contribution is 0.0544. The summed E-state index contributed by atoms with van der Waals surface area (Å²) in [5.74, 6) is 1.86. The van der Waals surface area contributed by atoms with Gasteiger partial charge in [0.05, 0.1) is 25.2 Å². The number of halogens is 1. The first kappa shape index (κ1) is 15.1. The largest absolute Gasteiger partial charge is 0.490 e. The van der Waals surface area contributed by atoms with Crippen molar-refractivity contribution in [2.75, 3.05) is 19.8 Å². The highest BCUT2D eigenvalue weighted by atomic mass is 35.5. The van der Waals surface area contributed by atoms with Gasteiger partial charge in [0.1, 0.15) is 6.61 Å². The van der Waals surface area contributed by atoms with Crippen LogP contribution in [0, 0.1) is 0 Å². The SMILES string of the molecule is CCOc1cccc(CCl)c1OCCOC(C)C. The van der Waals surface area contributed by atoms with Crippen LogP contribution in [-0.2, 0) is 10.6 Å². The average molecular weight is 273 g/mol. The molecule has 0 amide bonds. The van der Waals surface area contributed by atoms with E-state index in [4.69, 9.17) is 25.8 Å². The summed E-state index contributed by atoms with van der Waals surface area (Å²) < 4.78 is 16.7. The minimum Gasteiger partial charge on any atom is -0.490 e. The molecule has 0 spiro atoms. The Kier molecular flexibility index (Phi) is 6.91. The first-order chi connectivity index (χ1) is 8.69. The molecule has 0 aliphatic carbocycles. The van der Waals surface area contributed by atoms with Crippen molar-refractivity contribution in [1.82, 2.24) is 0 Å². The normalized spacial score (nSPS) is 10.7. The molecule has 1 rings (SSSR count). The van der Waals surface area contributed by atoms with Crippen molar-refractivity contribution in [3.63, 3.8) is 0 Å². The maximum Gasteiger partial charge on any atom is 0.165 e. The van der Waals surface area contributed by atoms with Crippen molar-refractivity contribution < 1.29 is 14.2 Å². The van der Waals surface area contributed by atoms with Crippen molar-refractivity contribution >= 4 is 11.6 Å². The molecule has 0 aliphatic heterocycles. The summed E-state index contributed by atoms with van der Waals surface area (Å²) in [5.41, 5.74) is 0.937. The molecule has 1 aromatic rings. The van der Waals surface area contributed by atoms with Crippen LogP contribution >= 0.6 is 11.6 Å². The van der Waals surface area contributed by atoms with Crippen molar-refractivity contribution in [2.24, 2.45) is 0 Å². The van der Waals surface area contributed by atoms with Gasteiger partial charge in [0.15, 0.2) is 11.5 Å². The van der Waals surface area contributed by atoms with Crippen LogP contribution in [0.15, 0.2) is 18.2 Å². The fraction of sp³-hybridized carbons (Fsp3) is 0.571. The second-order valence-electron chi connectivity index (χ2n) is 4.08. The van der Waals surface area contributed by atoms with Gasteiger partial charge in [0, 0.05) is 5.56 Å². The highest BCUT2D eigenvalue weighted by molar-refractivity contribution is 6.17. The van der Waals surface area contributed by atoms with E-state index in [1.807, 2.05) is 39.0 Å². The van der Waals surface area contributed by atoms with Crippen LogP contribution in [0.4, 0.5) is 0 Å². The fourth-order valence-corrected chi connectivity index (χ4v) is 1.74. The van der Waals surface area contributed by atoms with Crippen LogP contribution in [-0.4, -0.2) is 25.9 Å². The van der Waals surface area contributed by atoms with Crippen molar-refractivity contribution in [1.29, 1.82) is 0 Å². The minimum atomic E-state index is 0.211. The number of benzene rings is 1. The maximum atomic E-state index is 5.90. The quantitative estimate of drug-likeness (QED) is 0.534. The van der Waals surface area contributed by atoms with Crippen molar-refractivity contribution in [3.05, 3.63) is 23.8 Å². The zero-order chi connectivity index (χ0) is 13.4. The van der Waals surface area contributed by atoms with E-state index in [9.17, 15) is 0 Å². The number of hydrogen-bond donors (Lipinski definition) is 0. The lowest BCUT2D eigenvalue weighted by Gasteiger charge is -2.15. The molecule has 0 aliphatic rings. The second kappa shape index (κ2) is 8.22. The fourth-order valence-electron chi connectivity index (χ4n) is 1.53. The zero-order valence-electron chi connectivity index (χ0n) is 11.2. The summed E-state index contributed by atoms with van der Waals surface area (Å²) in [4.78, 5) is 0. The van der Waals surface area contributed by atoms with E-state index < -0.39 is 0 Å². The third-order valence-electron chi connectivity index (χ3n) is 2.29. The molecular formula is C14H21ClO3. The lowest BCUT2D eigenvalue weighted by Crippen LogP contribution is -2.12. The molecule has 3 nitrogen and oxygen atoms in total. The molecule has 1 aromatic carbocycles. The molecular weight excluding hydrogens is 252 g/mol. The van der Waals surface area contributed by atoms with Crippen LogP contribution in [0.3, 0.4) is 0 Å². The van der Waals surface area contributed by atoms with E-state index in [-0.39, 0.29) is 6.10 Å². The van der Waals surface area contributed by atoms with Gasteiger partial charge in [-0.2, -0.15) is 0 Å². The zero-order valence-corrected chi connectivity index (χ0v) is 12.0. The number of para-hydroxylation sites is 1. The Balaban J connectivity index is 2.65. The molecule has 102 valence electrons. The predicted molar refractivity (Wildman–Crippen MR) is 73.8 cm³/mol. The highest BCUT2D eigenvalue weighted by Crippen LogP contribution is 2.32. The number of rotatable bonds is 8. The van der Waals surface area contributed by atoms with E-state index in [0.717, 1.165) is 17.1 Å². The van der Waals surface area contributed by atoms with Crippen molar-refractivity contribution in [2.45, 2.75) is 32.8 Å². The summed E-state index contributed by atoms with van der Waals surface area (Å²) in [6.45, 7) is 7.59. The van der Waals surface area contributed by atoms with E-state index >= 15 is 0 Å². The monoisotopic (exact) mass is 272 g/mol. The molecule has 0 unspecified atom stereocenters. The van der Waals surface area contributed by atoms with E-state index in [2.05, 4.69) is 0 Å². The predicted octanol–water partition coefficient (Wildman–Crippen LogP) is 3.63. The Bertz CT molecular complexity index is 353. The number of hydrogen-bond acceptors (Lipinski definition) is 3. The molecule has 0 saturated carbocycles. The Morgan fingerprint density at radius 2 is 1.94 bits per heavy atom. The van der Waals surface area contributed by atoms with Crippen LogP contribution in [0.25, 0.3) is 0 Å². The molecule has 4 heteroatoms. The van der Waals surface area contributed by atoms with Crippen LogP contribution in [0.2, 0.25) is 0 Å². The van der Waals surface area contributed by atoms with Crippen LogP contribution < -0.4 is 9.47 Å². The molecule has 0 N–H and O–H groups in total. The lowest BCUT2D eigenvalue weighted by atomic mass is 10.2. The molecule has 18 heavy (non-hydrogen) atoms. The number of alkyl halides is 1. The Hall–Kier alpha value is -0.930. The summed E-state index contributed by atoms with van der Waals surface area (Å²) in [5, 5.41) is 0. The van der Waals surface area contributed by atoms with Gasteiger partial charge in [-0.15, -0.1) is 11.6 Å². The van der Waals surface area contributed by atoms with Gasteiger partial charge in [-0.25, -0.2) is 0 Å². The van der Waals surface area contributed by atoms with Gasteiger partial charge >= 0.3 is 0 Å². The molecule has 0 saturated heterocycles. The smallest absolute Gasteiger partial charge is 0.165 e.